The number of phenols is 2. The van der Waals surface area contributed by atoms with E-state index in [1.807, 2.05) is 0 Å². The highest BCUT2D eigenvalue weighted by Gasteiger charge is 2.11. The van der Waals surface area contributed by atoms with E-state index in [9.17, 15) is 15.0 Å². The largest absolute Gasteiger partial charge is 0.508 e. The van der Waals surface area contributed by atoms with Crippen LogP contribution < -0.4 is 5.32 Å². The highest BCUT2D eigenvalue weighted by atomic mass is 16.3. The lowest BCUT2D eigenvalue weighted by atomic mass is 10.1. The molecule has 1 aromatic carbocycles. The number of aromatic hydroxyl groups is 2. The SMILES string of the molecule is CC(C)CCCNC(=O)c1cc(O)ccc1O. The normalized spacial score (nSPS) is 10.5. The van der Waals surface area contributed by atoms with Crippen molar-refractivity contribution in [3.63, 3.8) is 0 Å². The molecule has 0 aromatic heterocycles. The predicted molar refractivity (Wildman–Crippen MR) is 66.2 cm³/mol. The number of carbonyl (C=O) groups excluding carboxylic acids is 1. The Kier molecular flexibility index (Phi) is 4.82. The summed E-state index contributed by atoms with van der Waals surface area (Å²) in [5.74, 6) is 0.0996. The molecule has 1 aromatic rings. The van der Waals surface area contributed by atoms with Crippen LogP contribution in [0.2, 0.25) is 0 Å². The Balaban J connectivity index is 2.49. The number of rotatable bonds is 5. The molecule has 0 atom stereocenters. The molecule has 3 N–H and O–H groups in total. The molecule has 0 aliphatic carbocycles. The van der Waals surface area contributed by atoms with E-state index >= 15 is 0 Å². The molecular formula is C13H19NO3. The van der Waals surface area contributed by atoms with Crippen LogP contribution in [0.5, 0.6) is 11.5 Å². The first kappa shape index (κ1) is 13.4. The first-order valence-corrected chi connectivity index (χ1v) is 5.81. The Morgan fingerprint density at radius 3 is 2.71 bits per heavy atom. The molecule has 4 heteroatoms. The fourth-order valence-corrected chi connectivity index (χ4v) is 1.51. The van der Waals surface area contributed by atoms with Gasteiger partial charge in [-0.15, -0.1) is 0 Å². The maximum atomic E-state index is 11.7. The van der Waals surface area contributed by atoms with Gasteiger partial charge in [-0.1, -0.05) is 13.8 Å². The van der Waals surface area contributed by atoms with Gasteiger partial charge in [0.15, 0.2) is 0 Å². The van der Waals surface area contributed by atoms with Crippen LogP contribution in [0.1, 0.15) is 37.0 Å². The molecular weight excluding hydrogens is 218 g/mol. The Bertz CT molecular complexity index is 388. The van der Waals surface area contributed by atoms with Gasteiger partial charge in [-0.2, -0.15) is 0 Å². The third-order valence-corrected chi connectivity index (χ3v) is 2.47. The van der Waals surface area contributed by atoms with Crippen LogP contribution in [-0.4, -0.2) is 22.7 Å². The van der Waals surface area contributed by atoms with Crippen molar-refractivity contribution in [2.45, 2.75) is 26.7 Å². The van der Waals surface area contributed by atoms with E-state index in [0.29, 0.717) is 12.5 Å². The molecule has 1 rings (SSSR count). The van der Waals surface area contributed by atoms with E-state index in [4.69, 9.17) is 0 Å². The molecule has 0 spiro atoms. The molecule has 0 saturated carbocycles. The molecule has 0 fully saturated rings. The smallest absolute Gasteiger partial charge is 0.255 e. The van der Waals surface area contributed by atoms with Crippen molar-refractivity contribution in [2.24, 2.45) is 5.92 Å². The van der Waals surface area contributed by atoms with Gasteiger partial charge in [0.1, 0.15) is 11.5 Å². The summed E-state index contributed by atoms with van der Waals surface area (Å²) < 4.78 is 0. The Hall–Kier alpha value is -1.71. The van der Waals surface area contributed by atoms with Gasteiger partial charge in [0.25, 0.3) is 5.91 Å². The van der Waals surface area contributed by atoms with Crippen molar-refractivity contribution < 1.29 is 15.0 Å². The number of nitrogens with one attached hydrogen (secondary N) is 1. The number of benzene rings is 1. The van der Waals surface area contributed by atoms with Crippen LogP contribution in [0.25, 0.3) is 0 Å². The lowest BCUT2D eigenvalue weighted by Crippen LogP contribution is -2.24. The number of hydrogen-bond donors (Lipinski definition) is 3. The van der Waals surface area contributed by atoms with Crippen molar-refractivity contribution in [3.05, 3.63) is 23.8 Å². The highest BCUT2D eigenvalue weighted by Crippen LogP contribution is 2.21. The zero-order chi connectivity index (χ0) is 12.8. The molecule has 94 valence electrons. The maximum absolute atomic E-state index is 11.7. The minimum atomic E-state index is -0.359. The molecule has 0 saturated heterocycles. The fourth-order valence-electron chi connectivity index (χ4n) is 1.51. The van der Waals surface area contributed by atoms with Gasteiger partial charge in [0.2, 0.25) is 0 Å². The lowest BCUT2D eigenvalue weighted by Gasteiger charge is -2.08. The molecule has 0 radical (unpaired) electrons. The van der Waals surface area contributed by atoms with Gasteiger partial charge in [0, 0.05) is 6.54 Å². The summed E-state index contributed by atoms with van der Waals surface area (Å²) in [6.07, 6.45) is 1.95. The molecule has 0 bridgehead atoms. The topological polar surface area (TPSA) is 69.6 Å². The zero-order valence-corrected chi connectivity index (χ0v) is 10.2. The third kappa shape index (κ3) is 4.34. The maximum Gasteiger partial charge on any atom is 0.255 e. The van der Waals surface area contributed by atoms with Gasteiger partial charge in [0.05, 0.1) is 5.56 Å². The van der Waals surface area contributed by atoms with Gasteiger partial charge in [-0.3, -0.25) is 4.79 Å². The highest BCUT2D eigenvalue weighted by molar-refractivity contribution is 5.97. The lowest BCUT2D eigenvalue weighted by molar-refractivity contribution is 0.0949. The third-order valence-electron chi connectivity index (χ3n) is 2.47. The summed E-state index contributed by atoms with van der Waals surface area (Å²) in [7, 11) is 0. The molecule has 4 nitrogen and oxygen atoms in total. The second-order valence-electron chi connectivity index (χ2n) is 4.49. The molecule has 0 unspecified atom stereocenters. The van der Waals surface area contributed by atoms with E-state index < -0.39 is 0 Å². The average molecular weight is 237 g/mol. The van der Waals surface area contributed by atoms with Gasteiger partial charge < -0.3 is 15.5 Å². The Morgan fingerprint density at radius 1 is 1.35 bits per heavy atom. The monoisotopic (exact) mass is 237 g/mol. The van der Waals surface area contributed by atoms with Crippen LogP contribution in [0, 0.1) is 5.92 Å². The average Bonchev–Trinajstić information content (AvgIpc) is 2.27. The van der Waals surface area contributed by atoms with Crippen LogP contribution in [-0.2, 0) is 0 Å². The molecule has 0 aliphatic rings. The second kappa shape index (κ2) is 6.13. The fraction of sp³-hybridized carbons (Fsp3) is 0.462. The predicted octanol–water partition coefficient (Wildman–Crippen LogP) is 2.26. The summed E-state index contributed by atoms with van der Waals surface area (Å²) in [5.41, 5.74) is 0.106. The zero-order valence-electron chi connectivity index (χ0n) is 10.2. The van der Waals surface area contributed by atoms with Gasteiger partial charge in [-0.25, -0.2) is 0 Å². The summed E-state index contributed by atoms with van der Waals surface area (Å²) >= 11 is 0. The van der Waals surface area contributed by atoms with E-state index in [-0.39, 0.29) is 23.0 Å². The summed E-state index contributed by atoms with van der Waals surface area (Å²) in [6.45, 7) is 4.83. The minimum absolute atomic E-state index is 0.0323. The van der Waals surface area contributed by atoms with Crippen molar-refractivity contribution in [3.8, 4) is 11.5 Å². The number of amides is 1. The first-order chi connectivity index (χ1) is 8.00. The van der Waals surface area contributed by atoms with Crippen LogP contribution >= 0.6 is 0 Å². The van der Waals surface area contributed by atoms with Gasteiger partial charge >= 0.3 is 0 Å². The van der Waals surface area contributed by atoms with Crippen molar-refractivity contribution in [2.75, 3.05) is 6.54 Å². The summed E-state index contributed by atoms with van der Waals surface area (Å²) in [6, 6.07) is 3.90. The number of phenolic OH excluding ortho intramolecular Hbond substituents is 2. The van der Waals surface area contributed by atoms with E-state index in [1.54, 1.807) is 0 Å². The summed E-state index contributed by atoms with van der Waals surface area (Å²) in [5, 5.41) is 21.4. The quantitative estimate of drug-likeness (QED) is 0.543. The van der Waals surface area contributed by atoms with E-state index in [2.05, 4.69) is 19.2 Å². The molecule has 1 amide bonds. The van der Waals surface area contributed by atoms with Gasteiger partial charge in [-0.05, 0) is 37.0 Å². The molecule has 0 heterocycles. The van der Waals surface area contributed by atoms with Crippen LogP contribution in [0.4, 0.5) is 0 Å². The van der Waals surface area contributed by atoms with Crippen molar-refractivity contribution >= 4 is 5.91 Å². The standard InChI is InChI=1S/C13H19NO3/c1-9(2)4-3-7-14-13(17)11-8-10(15)5-6-12(11)16/h5-6,8-9,15-16H,3-4,7H2,1-2H3,(H,14,17). The van der Waals surface area contributed by atoms with E-state index in [1.165, 1.54) is 18.2 Å². The first-order valence-electron chi connectivity index (χ1n) is 5.81. The van der Waals surface area contributed by atoms with Crippen LogP contribution in [0.15, 0.2) is 18.2 Å². The Morgan fingerprint density at radius 2 is 2.06 bits per heavy atom. The number of carbonyl (C=O) groups is 1. The van der Waals surface area contributed by atoms with Crippen LogP contribution in [0.3, 0.4) is 0 Å². The van der Waals surface area contributed by atoms with E-state index in [0.717, 1.165) is 12.8 Å². The minimum Gasteiger partial charge on any atom is -0.508 e. The number of hydrogen-bond acceptors (Lipinski definition) is 3. The van der Waals surface area contributed by atoms with Crippen molar-refractivity contribution in [1.29, 1.82) is 0 Å². The molecule has 0 aliphatic heterocycles. The second-order valence-corrected chi connectivity index (χ2v) is 4.49. The Labute approximate surface area is 101 Å². The molecule has 17 heavy (non-hydrogen) atoms. The van der Waals surface area contributed by atoms with Crippen molar-refractivity contribution in [1.82, 2.24) is 5.32 Å². The summed E-state index contributed by atoms with van der Waals surface area (Å²) in [4.78, 5) is 11.7.